The van der Waals surface area contributed by atoms with Crippen molar-refractivity contribution in [1.82, 2.24) is 5.16 Å². The summed E-state index contributed by atoms with van der Waals surface area (Å²) in [6.45, 7) is 1.58. The van der Waals surface area contributed by atoms with Crippen LogP contribution in [0.1, 0.15) is 11.3 Å². The highest BCUT2D eigenvalue weighted by Crippen LogP contribution is 2.23. The van der Waals surface area contributed by atoms with Gasteiger partial charge in [-0.3, -0.25) is 0 Å². The largest absolute Gasteiger partial charge is 0.388 e. The Kier molecular flexibility index (Phi) is 2.51. The smallest absolute Gasteiger partial charge is 0.162 e. The second-order valence-electron chi connectivity index (χ2n) is 3.32. The lowest BCUT2D eigenvalue weighted by Gasteiger charge is -1.98. The average Bonchev–Trinajstić information content (AvgIpc) is 2.66. The molecule has 2 rings (SSSR count). The number of nitrogens with zero attached hydrogens (tertiary/aromatic N) is 1. The highest BCUT2D eigenvalue weighted by atomic mass is 19.1. The van der Waals surface area contributed by atoms with E-state index in [1.165, 1.54) is 12.1 Å². The minimum atomic E-state index is -0.340. The van der Waals surface area contributed by atoms with Gasteiger partial charge in [0.15, 0.2) is 5.76 Å². The molecular formula is C11H10FNO2. The molecule has 0 atom stereocenters. The van der Waals surface area contributed by atoms with Crippen LogP contribution in [0.15, 0.2) is 28.8 Å². The molecule has 0 fully saturated rings. The first kappa shape index (κ1) is 9.86. The number of aryl methyl sites for hydroxylation is 1. The number of halogens is 1. The third-order valence-corrected chi connectivity index (χ3v) is 2.12. The second-order valence-corrected chi connectivity index (χ2v) is 3.32. The quantitative estimate of drug-likeness (QED) is 0.821. The lowest BCUT2D eigenvalue weighted by Crippen LogP contribution is -1.85. The molecule has 0 unspecified atom stereocenters. The van der Waals surface area contributed by atoms with Gasteiger partial charge in [0.2, 0.25) is 0 Å². The average molecular weight is 207 g/mol. The summed E-state index contributed by atoms with van der Waals surface area (Å²) in [5.41, 5.74) is 1.63. The first-order valence-electron chi connectivity index (χ1n) is 4.53. The van der Waals surface area contributed by atoms with E-state index in [4.69, 9.17) is 9.63 Å². The fourth-order valence-corrected chi connectivity index (χ4v) is 1.34. The highest BCUT2D eigenvalue weighted by Gasteiger charge is 2.10. The van der Waals surface area contributed by atoms with E-state index in [0.717, 1.165) is 5.56 Å². The van der Waals surface area contributed by atoms with Crippen molar-refractivity contribution in [2.75, 3.05) is 0 Å². The standard InChI is InChI=1S/C11H10FNO2/c1-7-2-3-9(10(12)4-7)11-5-8(6-14)15-13-11/h2-5,14H,6H2,1H3. The molecule has 1 N–H and O–H groups in total. The van der Waals surface area contributed by atoms with Crippen LogP contribution in [0.3, 0.4) is 0 Å². The van der Waals surface area contributed by atoms with E-state index in [1.54, 1.807) is 12.1 Å². The van der Waals surface area contributed by atoms with Crippen LogP contribution in [0.25, 0.3) is 11.3 Å². The summed E-state index contributed by atoms with van der Waals surface area (Å²) in [5.74, 6) is -0.0160. The second kappa shape index (κ2) is 3.82. The van der Waals surface area contributed by atoms with Crippen LogP contribution < -0.4 is 0 Å². The maximum absolute atomic E-state index is 13.5. The SMILES string of the molecule is Cc1ccc(-c2cc(CO)on2)c(F)c1. The fourth-order valence-electron chi connectivity index (χ4n) is 1.34. The third kappa shape index (κ3) is 1.89. The third-order valence-electron chi connectivity index (χ3n) is 2.12. The van der Waals surface area contributed by atoms with Crippen LogP contribution in [-0.2, 0) is 6.61 Å². The van der Waals surface area contributed by atoms with E-state index in [1.807, 2.05) is 6.92 Å². The Morgan fingerprint density at radius 3 is 2.80 bits per heavy atom. The Hall–Kier alpha value is -1.68. The van der Waals surface area contributed by atoms with Gasteiger partial charge in [-0.2, -0.15) is 0 Å². The zero-order valence-electron chi connectivity index (χ0n) is 8.20. The van der Waals surface area contributed by atoms with E-state index < -0.39 is 0 Å². The number of aliphatic hydroxyl groups is 1. The van der Waals surface area contributed by atoms with Crippen molar-refractivity contribution in [1.29, 1.82) is 0 Å². The highest BCUT2D eigenvalue weighted by molar-refractivity contribution is 5.60. The molecule has 78 valence electrons. The summed E-state index contributed by atoms with van der Waals surface area (Å²) in [7, 11) is 0. The van der Waals surface area contributed by atoms with Crippen molar-refractivity contribution in [3.63, 3.8) is 0 Å². The number of aromatic nitrogens is 1. The molecule has 1 aromatic carbocycles. The molecule has 0 saturated heterocycles. The topological polar surface area (TPSA) is 46.3 Å². The fraction of sp³-hybridized carbons (Fsp3) is 0.182. The first-order valence-corrected chi connectivity index (χ1v) is 4.53. The predicted octanol–water partition coefficient (Wildman–Crippen LogP) is 2.28. The van der Waals surface area contributed by atoms with Crippen molar-refractivity contribution >= 4 is 0 Å². The van der Waals surface area contributed by atoms with Gasteiger partial charge in [0.05, 0.1) is 0 Å². The van der Waals surface area contributed by atoms with Gasteiger partial charge in [-0.25, -0.2) is 4.39 Å². The monoisotopic (exact) mass is 207 g/mol. The Morgan fingerprint density at radius 2 is 2.20 bits per heavy atom. The van der Waals surface area contributed by atoms with Crippen LogP contribution >= 0.6 is 0 Å². The Bertz CT molecular complexity index is 479. The van der Waals surface area contributed by atoms with E-state index in [0.29, 0.717) is 17.0 Å². The molecule has 0 aliphatic carbocycles. The summed E-state index contributed by atoms with van der Waals surface area (Å²) in [6.07, 6.45) is 0. The normalized spacial score (nSPS) is 10.6. The summed E-state index contributed by atoms with van der Waals surface area (Å²) >= 11 is 0. The number of hydrogen-bond donors (Lipinski definition) is 1. The molecule has 0 bridgehead atoms. The predicted molar refractivity (Wildman–Crippen MR) is 52.6 cm³/mol. The summed E-state index contributed by atoms with van der Waals surface area (Å²) < 4.78 is 18.3. The van der Waals surface area contributed by atoms with Crippen LogP contribution in [0.4, 0.5) is 4.39 Å². The van der Waals surface area contributed by atoms with E-state index in [2.05, 4.69) is 5.16 Å². The molecule has 0 spiro atoms. The van der Waals surface area contributed by atoms with Gasteiger partial charge in [0, 0.05) is 11.6 Å². The molecule has 4 heteroatoms. The van der Waals surface area contributed by atoms with Crippen molar-refractivity contribution in [2.24, 2.45) is 0 Å². The van der Waals surface area contributed by atoms with Crippen LogP contribution in [-0.4, -0.2) is 10.3 Å². The van der Waals surface area contributed by atoms with E-state index in [9.17, 15) is 4.39 Å². The molecule has 1 heterocycles. The molecular weight excluding hydrogens is 197 g/mol. The summed E-state index contributed by atoms with van der Waals surface area (Å²) in [5, 5.41) is 12.5. The molecule has 2 aromatic rings. The van der Waals surface area contributed by atoms with Crippen LogP contribution in [0.2, 0.25) is 0 Å². The van der Waals surface area contributed by atoms with Gasteiger partial charge >= 0.3 is 0 Å². The zero-order valence-corrected chi connectivity index (χ0v) is 8.20. The van der Waals surface area contributed by atoms with Gasteiger partial charge in [0.25, 0.3) is 0 Å². The van der Waals surface area contributed by atoms with E-state index >= 15 is 0 Å². The van der Waals surface area contributed by atoms with Crippen molar-refractivity contribution in [3.05, 3.63) is 41.4 Å². The Labute approximate surface area is 86.1 Å². The van der Waals surface area contributed by atoms with Gasteiger partial charge < -0.3 is 9.63 Å². The number of aliphatic hydroxyl groups excluding tert-OH is 1. The summed E-state index contributed by atoms with van der Waals surface area (Å²) in [6, 6.07) is 6.39. The number of rotatable bonds is 2. The Morgan fingerprint density at radius 1 is 1.40 bits per heavy atom. The minimum Gasteiger partial charge on any atom is -0.388 e. The molecule has 0 radical (unpaired) electrons. The van der Waals surface area contributed by atoms with E-state index in [-0.39, 0.29) is 12.4 Å². The molecule has 0 amide bonds. The molecule has 15 heavy (non-hydrogen) atoms. The molecule has 3 nitrogen and oxygen atoms in total. The van der Waals surface area contributed by atoms with Crippen molar-refractivity contribution in [2.45, 2.75) is 13.5 Å². The number of hydrogen-bond acceptors (Lipinski definition) is 3. The molecule has 0 aliphatic rings. The van der Waals surface area contributed by atoms with Crippen molar-refractivity contribution < 1.29 is 14.0 Å². The summed E-state index contributed by atoms with van der Waals surface area (Å²) in [4.78, 5) is 0. The maximum atomic E-state index is 13.5. The van der Waals surface area contributed by atoms with Crippen LogP contribution in [0, 0.1) is 12.7 Å². The van der Waals surface area contributed by atoms with Gasteiger partial charge in [-0.1, -0.05) is 11.2 Å². The zero-order chi connectivity index (χ0) is 10.8. The first-order chi connectivity index (χ1) is 7.20. The molecule has 0 saturated carbocycles. The lowest BCUT2D eigenvalue weighted by molar-refractivity contribution is 0.229. The Balaban J connectivity index is 2.44. The van der Waals surface area contributed by atoms with Gasteiger partial charge in [-0.15, -0.1) is 0 Å². The lowest BCUT2D eigenvalue weighted by atomic mass is 10.1. The van der Waals surface area contributed by atoms with Crippen LogP contribution in [0.5, 0.6) is 0 Å². The van der Waals surface area contributed by atoms with Gasteiger partial charge in [0.1, 0.15) is 18.1 Å². The number of benzene rings is 1. The van der Waals surface area contributed by atoms with Crippen molar-refractivity contribution in [3.8, 4) is 11.3 Å². The molecule has 0 aliphatic heterocycles. The minimum absolute atomic E-state index is 0.236. The molecule has 1 aromatic heterocycles. The maximum Gasteiger partial charge on any atom is 0.162 e. The van der Waals surface area contributed by atoms with Gasteiger partial charge in [-0.05, 0) is 24.6 Å².